The number of thiol groups is 1. The number of phosphoric ester groups is 1. The van der Waals surface area contributed by atoms with Crippen LogP contribution in [0.25, 0.3) is 67.0 Å². The van der Waals surface area contributed by atoms with Crippen molar-refractivity contribution in [2.45, 2.75) is 145 Å². The lowest BCUT2D eigenvalue weighted by Crippen LogP contribution is -2.41. The van der Waals surface area contributed by atoms with E-state index in [4.69, 9.17) is 142 Å². The first-order valence-corrected chi connectivity index (χ1v) is 54.0. The van der Waals surface area contributed by atoms with Gasteiger partial charge in [0, 0.05) is 0 Å². The smallest absolute Gasteiger partial charge is 0.389 e. The number of phosphoric acid groups is 1. The van der Waals surface area contributed by atoms with Crippen molar-refractivity contribution in [3.8, 4) is 0 Å². The number of aromatic amines is 6. The molecule has 12 aromatic rings. The molecule has 9 saturated heterocycles. The zero-order valence-corrected chi connectivity index (χ0v) is 77.2. The van der Waals surface area contributed by atoms with Gasteiger partial charge in [-0.1, -0.05) is 22.7 Å². The van der Waals surface area contributed by atoms with E-state index in [2.05, 4.69) is 113 Å². The van der Waals surface area contributed by atoms with Gasteiger partial charge in [0.25, 0.3) is 33.4 Å². The Labute approximate surface area is 777 Å². The number of imidazole rings is 4. The Bertz CT molecular complexity index is 7210. The second-order valence-corrected chi connectivity index (χ2v) is 47.0. The SMILES string of the molecule is Nc1nc2c(ncn2[C@@H]2O[C@@H]3COP(O)(=S)O[C@@H]4[C@@H](COP(=O)(S)O[C@@H]2[C@@H]3F)O[C@@H](n2nnc3c(=O)[nH]cnc32)C4(F)F)c(=O)[nH]1.Nc1nc2c(ncn2[C@@H]2O[C@@H]3COP(O)(=S)O[C@@H]4[C@@H](COP(O)(=S)O[C@@H]2[C@@H]3F)O[C@@H](n2nnc3c(=O)[nH]cnc32)C4(F)F)c(=O)[nH]1.Nc1nc2c(ncn2[C@@H]2S[C@@H]3COP(=O)(O)O[C@H]4[C@H](F)[C@H](n5cnc6c(=O)[nH]cnc65)O[C@@H]4COP(O)(=S)O[C@@H]2[C@@H]3O)c(=O)[nH]1. The summed E-state index contributed by atoms with van der Waals surface area (Å²) in [6.07, 6.45) is -30.1. The number of H-pyrrole nitrogens is 6. The fraction of sp³-hybridized carbons (Fsp3) is 0.517. The van der Waals surface area contributed by atoms with E-state index < -0.39 is 260 Å². The Morgan fingerprint density at radius 2 is 0.796 bits per heavy atom. The van der Waals surface area contributed by atoms with Gasteiger partial charge in [-0.3, -0.25) is 98.2 Å². The minimum absolute atomic E-state index is 0.0197. The summed E-state index contributed by atoms with van der Waals surface area (Å²) in [6.45, 7) is -27.8. The number of nitrogens with one attached hydrogen (secondary N) is 6. The number of aromatic nitrogens is 26. The van der Waals surface area contributed by atoms with Crippen LogP contribution in [0.3, 0.4) is 0 Å². The van der Waals surface area contributed by atoms with Crippen molar-refractivity contribution in [2.75, 3.05) is 56.8 Å². The van der Waals surface area contributed by atoms with Crippen LogP contribution in [0.2, 0.25) is 0 Å². The largest absolute Gasteiger partial charge is 0.472 e. The molecule has 9 aliphatic rings. The van der Waals surface area contributed by atoms with Gasteiger partial charge in [0.2, 0.25) is 30.3 Å². The third-order valence-corrected chi connectivity index (χ3v) is 31.9. The van der Waals surface area contributed by atoms with E-state index in [1.807, 2.05) is 0 Å². The number of halogens is 7. The lowest BCUT2D eigenvalue weighted by atomic mass is 10.1. The highest BCUT2D eigenvalue weighted by Crippen LogP contribution is 2.63. The molecule has 18 N–H and O–H groups in total. The number of nitrogens with zero attached hydrogens (tertiary/aromatic N) is 20. The standard InChI is InChI=1S/C20H22FN9O11P2S2.2C19H19F3N10O10P2S2/c21-8-12-6(39-18(8)29-4-25-9-14(29)23-3-24-16(9)32)1-38-43(36,44)41-13-11(31)7(2-37-42(34,35)40-12)45-19(13)30-5-26-10-15(30)27-20(22)28-17(10)33;2*20-7-5-1-37-44(36,46)42-11-6(40-17(19(11,21)22)32-12-9(29-30-32)14(33)25-3-24-12)2-38-43(35,45)41-10(7)16(39-5)31-4-26-8-13(31)27-18(23)28-15(8)34/h3-8,11-13,18-19,31H,1-2H2,(H,34,35)(H,36,44)(H,23,24,32)(H3,22,27,28,33);2*3-7,10-11,16-17H,1-2H2,(H,35,45)(H,36,46)(H,24,25,33)(H3,23,27,28,34)/t6-,7-,8+,11-,12-,13-,18-,19-,43?;2*5-,6-,7-,10-,11-,16-,17-,43?,44?/m111/s1. The molecule has 12 aromatic heterocycles. The fourth-order valence-corrected chi connectivity index (χ4v) is 25.3. The Kier molecular flexibility index (Phi) is 25.8. The van der Waals surface area contributed by atoms with Gasteiger partial charge < -0.3 is 104 Å². The van der Waals surface area contributed by atoms with Gasteiger partial charge in [-0.25, -0.2) is 57.2 Å². The molecular weight excluding hydrogens is 2110 g/mol. The maximum Gasteiger partial charge on any atom is 0.472 e. The zero-order chi connectivity index (χ0) is 97.4. The van der Waals surface area contributed by atoms with Gasteiger partial charge in [-0.05, 0) is 47.2 Å². The van der Waals surface area contributed by atoms with Gasteiger partial charge in [-0.2, -0.15) is 41.9 Å². The van der Waals surface area contributed by atoms with Gasteiger partial charge in [0.1, 0.15) is 60.3 Å². The second kappa shape index (κ2) is 36.3. The van der Waals surface area contributed by atoms with E-state index >= 15 is 30.7 Å². The van der Waals surface area contributed by atoms with Crippen LogP contribution >= 0.6 is 65.5 Å². The first-order valence-electron chi connectivity index (χ1n) is 38.5. The topological polar surface area (TPSA) is 798 Å². The summed E-state index contributed by atoms with van der Waals surface area (Å²) in [5, 5.41) is 23.4. The average Bonchev–Trinajstić information content (AvgIpc) is 1.58. The number of thioether (sulfide) groups is 1. The second-order valence-electron chi connectivity index (χ2n) is 30.2. The van der Waals surface area contributed by atoms with Crippen LogP contribution in [0.1, 0.15) is 36.5 Å². The van der Waals surface area contributed by atoms with E-state index in [-0.39, 0.29) is 84.8 Å². The van der Waals surface area contributed by atoms with Crippen LogP contribution < -0.4 is 50.6 Å². The van der Waals surface area contributed by atoms with Crippen molar-refractivity contribution in [1.82, 2.24) is 128 Å². The molecule has 28 atom stereocenters. The number of fused-ring (bicyclic) bond motifs is 15. The highest BCUT2D eigenvalue weighted by molar-refractivity contribution is 8.44. The third-order valence-electron chi connectivity index (χ3n) is 21.5. The molecule has 6 bridgehead atoms. The normalized spacial score (nSPS) is 37.0. The molecule has 21 heterocycles. The summed E-state index contributed by atoms with van der Waals surface area (Å²) in [5.41, 5.74) is 10.3. The zero-order valence-electron chi connectivity index (χ0n) is 66.9. The Balaban J connectivity index is 0.000000132. The molecule has 9 fully saturated rings. The summed E-state index contributed by atoms with van der Waals surface area (Å²) in [6, 6.07) is 0. The van der Waals surface area contributed by atoms with Crippen LogP contribution in [0, 0.1) is 0 Å². The molecule has 738 valence electrons. The summed E-state index contributed by atoms with van der Waals surface area (Å²) >= 11 is 25.1. The van der Waals surface area contributed by atoms with Crippen LogP contribution in [0.5, 0.6) is 0 Å². The lowest BCUT2D eigenvalue weighted by Gasteiger charge is -2.28. The number of aliphatic hydroxyl groups excluding tert-OH is 1. The lowest BCUT2D eigenvalue weighted by molar-refractivity contribution is -0.140. The van der Waals surface area contributed by atoms with Crippen molar-refractivity contribution in [1.29, 1.82) is 0 Å². The van der Waals surface area contributed by atoms with E-state index in [0.29, 0.717) is 9.36 Å². The van der Waals surface area contributed by atoms with Crippen molar-refractivity contribution in [2.24, 2.45) is 0 Å². The quantitative estimate of drug-likeness (QED) is 0.0512. The van der Waals surface area contributed by atoms with Crippen molar-refractivity contribution in [3.05, 3.63) is 106 Å². The number of alkyl halides is 7. The number of hydrogen-bond acceptors (Lipinski definition) is 48. The van der Waals surface area contributed by atoms with Crippen molar-refractivity contribution < 1.29 is 147 Å². The van der Waals surface area contributed by atoms with Gasteiger partial charge in [0.05, 0.1) is 95.3 Å². The number of hydrogen-bond donors (Lipinski definition) is 16. The monoisotopic (exact) mass is 2170 g/mol. The van der Waals surface area contributed by atoms with Gasteiger partial charge in [0.15, 0.2) is 116 Å². The highest BCUT2D eigenvalue weighted by atomic mass is 32.7. The van der Waals surface area contributed by atoms with E-state index in [0.717, 1.165) is 63.4 Å². The predicted molar refractivity (Wildman–Crippen MR) is 456 cm³/mol. The Morgan fingerprint density at radius 1 is 0.423 bits per heavy atom. The van der Waals surface area contributed by atoms with Gasteiger partial charge >= 0.3 is 53.3 Å². The van der Waals surface area contributed by atoms with Crippen LogP contribution in [-0.2, 0) is 134 Å². The number of nitrogen functional groups attached to an aromatic ring is 3. The fourth-order valence-electron chi connectivity index (χ4n) is 15.5. The van der Waals surface area contributed by atoms with Crippen molar-refractivity contribution in [3.63, 3.8) is 0 Å². The maximum absolute atomic E-state index is 15.9. The Hall–Kier alpha value is -8.29. The number of nitrogens with two attached hydrogens (primary N) is 3. The summed E-state index contributed by atoms with van der Waals surface area (Å²) in [5.74, 6) is -9.02. The molecule has 0 aliphatic carbocycles. The van der Waals surface area contributed by atoms with Crippen LogP contribution in [0.4, 0.5) is 48.6 Å². The minimum Gasteiger partial charge on any atom is -0.389 e. The molecule has 9 aliphatic heterocycles. The van der Waals surface area contributed by atoms with Crippen molar-refractivity contribution >= 4 is 198 Å². The first kappa shape index (κ1) is 97.5. The molecule has 0 saturated carbocycles. The maximum atomic E-state index is 15.9. The van der Waals surface area contributed by atoms with Crippen LogP contribution in [-0.4, -0.2) is 306 Å². The predicted octanol–water partition coefficient (Wildman–Crippen LogP) is -1.50. The molecular formula is C58H60F7N29O31P6S6. The summed E-state index contributed by atoms with van der Waals surface area (Å²) in [7, 11) is -5.05. The molecule has 0 radical (unpaired) electrons. The highest BCUT2D eigenvalue weighted by Gasteiger charge is 2.67. The number of aliphatic hydroxyl groups is 1. The minimum atomic E-state index is -5.05. The van der Waals surface area contributed by atoms with Gasteiger partial charge in [-0.15, -0.1) is 22.0 Å². The summed E-state index contributed by atoms with van der Waals surface area (Å²) < 4.78 is 236. The van der Waals surface area contributed by atoms with Crippen LogP contribution in [0.15, 0.2) is 73.1 Å². The van der Waals surface area contributed by atoms with E-state index in [9.17, 15) is 67.5 Å². The number of ether oxygens (including phenoxy) is 5. The summed E-state index contributed by atoms with van der Waals surface area (Å²) in [4.78, 5) is 180. The molecule has 79 heteroatoms. The number of rotatable bonds is 6. The number of anilines is 3. The molecule has 137 heavy (non-hydrogen) atoms. The average molecular weight is 2170 g/mol. The molecule has 21 rings (SSSR count). The molecule has 0 amide bonds. The molecule has 60 nitrogen and oxygen atoms in total. The molecule has 0 aromatic carbocycles. The third kappa shape index (κ3) is 18.6. The van der Waals surface area contributed by atoms with E-state index in [1.54, 1.807) is 0 Å². The Morgan fingerprint density at radius 3 is 1.26 bits per heavy atom. The molecule has 0 spiro atoms. The van der Waals surface area contributed by atoms with E-state index in [1.165, 1.54) is 10.9 Å². The molecule has 6 unspecified atom stereocenters. The first-order chi connectivity index (χ1) is 64.6.